The normalized spacial score (nSPS) is 18.2. The van der Waals surface area contributed by atoms with Gasteiger partial charge in [0, 0.05) is 18.7 Å². The highest BCUT2D eigenvalue weighted by molar-refractivity contribution is 5.78. The van der Waals surface area contributed by atoms with Gasteiger partial charge in [-0.15, -0.1) is 0 Å². The van der Waals surface area contributed by atoms with Crippen molar-refractivity contribution in [3.05, 3.63) is 35.7 Å². The van der Waals surface area contributed by atoms with E-state index < -0.39 is 0 Å². The minimum absolute atomic E-state index is 0.0472. The number of amides is 1. The first-order valence-corrected chi connectivity index (χ1v) is 9.41. The van der Waals surface area contributed by atoms with Gasteiger partial charge in [-0.05, 0) is 44.4 Å². The lowest BCUT2D eigenvalue weighted by Gasteiger charge is -2.31. The highest BCUT2D eigenvalue weighted by Crippen LogP contribution is 2.21. The summed E-state index contributed by atoms with van der Waals surface area (Å²) in [6.07, 6.45) is 1.96. The predicted octanol–water partition coefficient (Wildman–Crippen LogP) is 3.03. The van der Waals surface area contributed by atoms with Gasteiger partial charge < -0.3 is 9.84 Å². The lowest BCUT2D eigenvalue weighted by molar-refractivity contribution is -0.126. The quantitative estimate of drug-likeness (QED) is 0.861. The number of hydrogen-bond donors (Lipinski definition) is 1. The number of nitrogens with zero attached hydrogens (tertiary/aromatic N) is 3. The van der Waals surface area contributed by atoms with Gasteiger partial charge in [0.1, 0.15) is 0 Å². The molecular formula is C20H28N4O2. The zero-order valence-corrected chi connectivity index (χ0v) is 15.9. The highest BCUT2D eigenvalue weighted by Gasteiger charge is 2.26. The Morgan fingerprint density at radius 3 is 2.85 bits per heavy atom. The van der Waals surface area contributed by atoms with Gasteiger partial charge in [0.15, 0.2) is 5.82 Å². The Kier molecular flexibility index (Phi) is 6.04. The van der Waals surface area contributed by atoms with Gasteiger partial charge in [0.05, 0.1) is 12.5 Å². The molecule has 0 aliphatic carbocycles. The summed E-state index contributed by atoms with van der Waals surface area (Å²) in [6.45, 7) is 9.32. The van der Waals surface area contributed by atoms with Crippen molar-refractivity contribution in [2.45, 2.75) is 40.2 Å². The van der Waals surface area contributed by atoms with Gasteiger partial charge in [-0.3, -0.25) is 9.69 Å². The van der Waals surface area contributed by atoms with Crippen LogP contribution in [0.3, 0.4) is 0 Å². The van der Waals surface area contributed by atoms with Crippen molar-refractivity contribution >= 4 is 5.91 Å². The Hall–Kier alpha value is -2.21. The summed E-state index contributed by atoms with van der Waals surface area (Å²) < 4.78 is 5.40. The van der Waals surface area contributed by atoms with E-state index in [1.807, 2.05) is 31.2 Å². The predicted molar refractivity (Wildman–Crippen MR) is 100 cm³/mol. The van der Waals surface area contributed by atoms with Crippen molar-refractivity contribution < 1.29 is 9.32 Å². The molecule has 6 nitrogen and oxygen atoms in total. The fourth-order valence-corrected chi connectivity index (χ4v) is 3.19. The number of benzene rings is 1. The van der Waals surface area contributed by atoms with E-state index in [4.69, 9.17) is 4.52 Å². The molecule has 0 radical (unpaired) electrons. The standard InChI is InChI=1S/C20H28N4O2/c1-14(2)11-21-19(25)17-5-4-10-24(12-17)13-18-22-20(26-23-18)16-8-6-15(3)7-9-16/h6-9,14,17H,4-5,10-13H2,1-3H3,(H,21,25)/t17-/m0/s1. The molecule has 2 heterocycles. The highest BCUT2D eigenvalue weighted by atomic mass is 16.5. The molecule has 0 spiro atoms. The second kappa shape index (κ2) is 8.45. The van der Waals surface area contributed by atoms with Crippen molar-refractivity contribution in [2.24, 2.45) is 11.8 Å². The summed E-state index contributed by atoms with van der Waals surface area (Å²) >= 11 is 0. The molecule has 1 N–H and O–H groups in total. The molecule has 1 aliphatic rings. The molecular weight excluding hydrogens is 328 g/mol. The van der Waals surface area contributed by atoms with Crippen LogP contribution in [0.25, 0.3) is 11.5 Å². The van der Waals surface area contributed by atoms with Crippen LogP contribution in [0, 0.1) is 18.8 Å². The summed E-state index contributed by atoms with van der Waals surface area (Å²) in [5.41, 5.74) is 2.13. The van der Waals surface area contributed by atoms with E-state index in [2.05, 4.69) is 34.2 Å². The van der Waals surface area contributed by atoms with Crippen LogP contribution in [-0.4, -0.2) is 40.6 Å². The van der Waals surface area contributed by atoms with Crippen molar-refractivity contribution in [2.75, 3.05) is 19.6 Å². The molecule has 140 valence electrons. The fourth-order valence-electron chi connectivity index (χ4n) is 3.19. The summed E-state index contributed by atoms with van der Waals surface area (Å²) in [7, 11) is 0. The van der Waals surface area contributed by atoms with Crippen molar-refractivity contribution in [3.63, 3.8) is 0 Å². The van der Waals surface area contributed by atoms with E-state index in [1.165, 1.54) is 5.56 Å². The van der Waals surface area contributed by atoms with Crippen LogP contribution < -0.4 is 5.32 Å². The van der Waals surface area contributed by atoms with Crippen molar-refractivity contribution in [1.29, 1.82) is 0 Å². The van der Waals surface area contributed by atoms with Gasteiger partial charge in [-0.2, -0.15) is 4.98 Å². The Morgan fingerprint density at radius 1 is 1.35 bits per heavy atom. The molecule has 1 aromatic carbocycles. The molecule has 1 aromatic heterocycles. The lowest BCUT2D eigenvalue weighted by Crippen LogP contribution is -2.43. The molecule has 1 saturated heterocycles. The number of aromatic nitrogens is 2. The van der Waals surface area contributed by atoms with E-state index in [0.29, 0.717) is 24.2 Å². The Morgan fingerprint density at radius 2 is 2.12 bits per heavy atom. The molecule has 1 atom stereocenters. The summed E-state index contributed by atoms with van der Waals surface area (Å²) in [6, 6.07) is 8.04. The molecule has 6 heteroatoms. The minimum atomic E-state index is 0.0472. The largest absolute Gasteiger partial charge is 0.356 e. The van der Waals surface area contributed by atoms with Crippen LogP contribution in [0.5, 0.6) is 0 Å². The average Bonchev–Trinajstić information content (AvgIpc) is 3.09. The lowest BCUT2D eigenvalue weighted by atomic mass is 9.97. The third-order valence-electron chi connectivity index (χ3n) is 4.69. The van der Waals surface area contributed by atoms with Crippen LogP contribution in [0.1, 0.15) is 38.1 Å². The molecule has 1 fully saturated rings. The third-order valence-corrected chi connectivity index (χ3v) is 4.69. The molecule has 0 unspecified atom stereocenters. The van der Waals surface area contributed by atoms with Crippen LogP contribution in [0.15, 0.2) is 28.8 Å². The Balaban J connectivity index is 1.57. The van der Waals surface area contributed by atoms with Crippen LogP contribution in [-0.2, 0) is 11.3 Å². The number of nitrogens with one attached hydrogen (secondary N) is 1. The average molecular weight is 356 g/mol. The van der Waals surface area contributed by atoms with Gasteiger partial charge in [0.25, 0.3) is 5.89 Å². The Labute approximate surface area is 155 Å². The number of aryl methyl sites for hydroxylation is 1. The number of carbonyl (C=O) groups excluding carboxylic acids is 1. The zero-order valence-electron chi connectivity index (χ0n) is 15.9. The maximum Gasteiger partial charge on any atom is 0.257 e. The number of hydrogen-bond acceptors (Lipinski definition) is 5. The van der Waals surface area contributed by atoms with Crippen LogP contribution in [0.2, 0.25) is 0 Å². The monoisotopic (exact) mass is 356 g/mol. The molecule has 2 aromatic rings. The molecule has 1 aliphatic heterocycles. The first-order chi connectivity index (χ1) is 12.5. The van der Waals surface area contributed by atoms with E-state index in [-0.39, 0.29) is 11.8 Å². The van der Waals surface area contributed by atoms with E-state index in [9.17, 15) is 4.79 Å². The summed E-state index contributed by atoms with van der Waals surface area (Å²) in [5.74, 6) is 1.90. The number of carbonyl (C=O) groups is 1. The molecule has 26 heavy (non-hydrogen) atoms. The SMILES string of the molecule is Cc1ccc(-c2nc(CN3CCC[C@H](C(=O)NCC(C)C)C3)no2)cc1. The second-order valence-corrected chi connectivity index (χ2v) is 7.60. The zero-order chi connectivity index (χ0) is 18.5. The molecule has 1 amide bonds. The van der Waals surface area contributed by atoms with Gasteiger partial charge in [-0.25, -0.2) is 0 Å². The molecule has 0 bridgehead atoms. The van der Waals surface area contributed by atoms with Gasteiger partial charge in [-0.1, -0.05) is 36.7 Å². The van der Waals surface area contributed by atoms with E-state index >= 15 is 0 Å². The summed E-state index contributed by atoms with van der Waals surface area (Å²) in [5, 5.41) is 7.16. The minimum Gasteiger partial charge on any atom is -0.356 e. The van der Waals surface area contributed by atoms with E-state index in [0.717, 1.165) is 38.0 Å². The van der Waals surface area contributed by atoms with E-state index in [1.54, 1.807) is 0 Å². The van der Waals surface area contributed by atoms with Crippen LogP contribution in [0.4, 0.5) is 0 Å². The van der Waals surface area contributed by atoms with Gasteiger partial charge >= 0.3 is 0 Å². The molecule has 0 saturated carbocycles. The third kappa shape index (κ3) is 4.91. The smallest absolute Gasteiger partial charge is 0.257 e. The number of likely N-dealkylation sites (tertiary alicyclic amines) is 1. The molecule has 3 rings (SSSR count). The maximum atomic E-state index is 12.3. The van der Waals surface area contributed by atoms with Gasteiger partial charge in [0.2, 0.25) is 5.91 Å². The number of rotatable bonds is 6. The second-order valence-electron chi connectivity index (χ2n) is 7.60. The maximum absolute atomic E-state index is 12.3. The van der Waals surface area contributed by atoms with Crippen LogP contribution >= 0.6 is 0 Å². The first kappa shape index (κ1) is 18.6. The fraction of sp³-hybridized carbons (Fsp3) is 0.550. The number of piperidine rings is 1. The summed E-state index contributed by atoms with van der Waals surface area (Å²) in [4.78, 5) is 19.1. The van der Waals surface area contributed by atoms with Crippen molar-refractivity contribution in [3.8, 4) is 11.5 Å². The first-order valence-electron chi connectivity index (χ1n) is 9.41. The van der Waals surface area contributed by atoms with Crippen molar-refractivity contribution in [1.82, 2.24) is 20.4 Å². The topological polar surface area (TPSA) is 71.3 Å². The Bertz CT molecular complexity index is 724.